The number of rotatable bonds is 6. The molecular weight excluding hydrogens is 356 g/mol. The number of hydrogen-bond donors (Lipinski definition) is 1. The van der Waals surface area contributed by atoms with Crippen LogP contribution in [0.5, 0.6) is 0 Å². The molecule has 1 N–H and O–H groups in total. The lowest BCUT2D eigenvalue weighted by Gasteiger charge is -2.09. The molecule has 146 valence electrons. The number of aromatic nitrogens is 5. The molecule has 8 heteroatoms. The van der Waals surface area contributed by atoms with E-state index in [1.165, 1.54) is 12.8 Å². The topological polar surface area (TPSA) is 98.7 Å². The first kappa shape index (κ1) is 18.3. The summed E-state index contributed by atoms with van der Waals surface area (Å²) in [5.41, 5.74) is 3.32. The van der Waals surface area contributed by atoms with E-state index < -0.39 is 6.04 Å². The highest BCUT2D eigenvalue weighted by atomic mass is 16.5. The first-order valence-electron chi connectivity index (χ1n) is 9.57. The molecule has 8 nitrogen and oxygen atoms in total. The second kappa shape index (κ2) is 7.18. The van der Waals surface area contributed by atoms with Crippen molar-refractivity contribution in [3.05, 3.63) is 47.4 Å². The van der Waals surface area contributed by atoms with E-state index in [0.717, 1.165) is 17.0 Å². The van der Waals surface area contributed by atoms with Crippen LogP contribution in [0.4, 0.5) is 0 Å². The molecule has 1 unspecified atom stereocenters. The van der Waals surface area contributed by atoms with Gasteiger partial charge in [0.2, 0.25) is 11.7 Å². The van der Waals surface area contributed by atoms with E-state index in [1.807, 2.05) is 39.0 Å². The van der Waals surface area contributed by atoms with Gasteiger partial charge in [0, 0.05) is 30.4 Å². The number of hydrogen-bond acceptors (Lipinski definition) is 6. The van der Waals surface area contributed by atoms with Gasteiger partial charge in [-0.2, -0.15) is 10.1 Å². The minimum absolute atomic E-state index is 0.228. The SMILES string of the molecule is CC(C)c1cc(C(=O)NC(C)c2nc(-c3ccnc(C4CC4)c3)no2)n(C)n1. The smallest absolute Gasteiger partial charge is 0.270 e. The monoisotopic (exact) mass is 380 g/mol. The molecule has 3 heterocycles. The summed E-state index contributed by atoms with van der Waals surface area (Å²) in [6.07, 6.45) is 4.14. The third-order valence-corrected chi connectivity index (χ3v) is 4.92. The Hall–Kier alpha value is -3.03. The molecule has 28 heavy (non-hydrogen) atoms. The lowest BCUT2D eigenvalue weighted by atomic mass is 10.1. The largest absolute Gasteiger partial charge is 0.339 e. The molecule has 1 atom stereocenters. The molecule has 0 aromatic carbocycles. The van der Waals surface area contributed by atoms with Crippen molar-refractivity contribution < 1.29 is 9.32 Å². The van der Waals surface area contributed by atoms with Gasteiger partial charge in [-0.3, -0.25) is 14.5 Å². The minimum Gasteiger partial charge on any atom is -0.339 e. The summed E-state index contributed by atoms with van der Waals surface area (Å²) in [5, 5.41) is 11.4. The van der Waals surface area contributed by atoms with Crippen molar-refractivity contribution >= 4 is 5.91 Å². The first-order chi connectivity index (χ1) is 13.4. The third kappa shape index (κ3) is 3.67. The van der Waals surface area contributed by atoms with Gasteiger partial charge in [-0.15, -0.1) is 0 Å². The standard InChI is InChI=1S/C20H24N6O2/c1-11(2)15-10-17(26(4)24-15)19(27)22-12(3)20-23-18(25-28-20)14-7-8-21-16(9-14)13-5-6-13/h7-13H,5-6H2,1-4H3,(H,22,27). The van der Waals surface area contributed by atoms with Crippen LogP contribution in [0.25, 0.3) is 11.4 Å². The highest BCUT2D eigenvalue weighted by Crippen LogP contribution is 2.39. The fourth-order valence-electron chi connectivity index (χ4n) is 3.03. The molecule has 0 radical (unpaired) electrons. The van der Waals surface area contributed by atoms with Crippen LogP contribution in [0.1, 0.15) is 79.3 Å². The Morgan fingerprint density at radius 3 is 2.75 bits per heavy atom. The van der Waals surface area contributed by atoms with Crippen molar-refractivity contribution in [2.75, 3.05) is 0 Å². The Balaban J connectivity index is 1.48. The maximum Gasteiger partial charge on any atom is 0.270 e. The van der Waals surface area contributed by atoms with Crippen molar-refractivity contribution in [1.29, 1.82) is 0 Å². The van der Waals surface area contributed by atoms with E-state index in [1.54, 1.807) is 17.9 Å². The molecule has 0 aliphatic heterocycles. The number of carbonyl (C=O) groups is 1. The average molecular weight is 380 g/mol. The zero-order valence-electron chi connectivity index (χ0n) is 16.5. The second-order valence-corrected chi connectivity index (χ2v) is 7.63. The van der Waals surface area contributed by atoms with E-state index in [4.69, 9.17) is 4.52 Å². The fraction of sp³-hybridized carbons (Fsp3) is 0.450. The van der Waals surface area contributed by atoms with Gasteiger partial charge >= 0.3 is 0 Å². The summed E-state index contributed by atoms with van der Waals surface area (Å²) in [4.78, 5) is 21.5. The lowest BCUT2D eigenvalue weighted by Crippen LogP contribution is -2.28. The Morgan fingerprint density at radius 1 is 1.29 bits per heavy atom. The predicted octanol–water partition coefficient (Wildman–Crippen LogP) is 3.36. The zero-order chi connectivity index (χ0) is 19.8. The molecule has 3 aromatic rings. The van der Waals surface area contributed by atoms with Gasteiger partial charge in [0.15, 0.2) is 0 Å². The summed E-state index contributed by atoms with van der Waals surface area (Å²) < 4.78 is 6.98. The Bertz CT molecular complexity index is 1000. The van der Waals surface area contributed by atoms with E-state index in [0.29, 0.717) is 23.3 Å². The quantitative estimate of drug-likeness (QED) is 0.704. The van der Waals surface area contributed by atoms with Gasteiger partial charge in [-0.1, -0.05) is 19.0 Å². The fourth-order valence-corrected chi connectivity index (χ4v) is 3.03. The van der Waals surface area contributed by atoms with E-state index in [-0.39, 0.29) is 11.8 Å². The predicted molar refractivity (Wildman–Crippen MR) is 103 cm³/mol. The van der Waals surface area contributed by atoms with Gasteiger partial charge in [0.05, 0.1) is 5.69 Å². The highest BCUT2D eigenvalue weighted by Gasteiger charge is 2.26. The molecule has 3 aromatic heterocycles. The van der Waals surface area contributed by atoms with Gasteiger partial charge in [-0.25, -0.2) is 0 Å². The van der Waals surface area contributed by atoms with Gasteiger partial charge in [0.1, 0.15) is 11.7 Å². The van der Waals surface area contributed by atoms with Crippen LogP contribution < -0.4 is 5.32 Å². The molecule has 1 aliphatic rings. The number of nitrogens with zero attached hydrogens (tertiary/aromatic N) is 5. The van der Waals surface area contributed by atoms with E-state index in [2.05, 4.69) is 25.5 Å². The van der Waals surface area contributed by atoms with Crippen molar-refractivity contribution in [1.82, 2.24) is 30.2 Å². The minimum atomic E-state index is -0.420. The maximum absolute atomic E-state index is 12.6. The maximum atomic E-state index is 12.6. The third-order valence-electron chi connectivity index (χ3n) is 4.92. The number of amides is 1. The van der Waals surface area contributed by atoms with Gasteiger partial charge in [-0.05, 0) is 43.9 Å². The number of nitrogens with one attached hydrogen (secondary N) is 1. The van der Waals surface area contributed by atoms with Crippen LogP contribution >= 0.6 is 0 Å². The lowest BCUT2D eigenvalue weighted by molar-refractivity contribution is 0.0923. The second-order valence-electron chi connectivity index (χ2n) is 7.63. The van der Waals surface area contributed by atoms with Crippen LogP contribution in [-0.2, 0) is 7.05 Å². The van der Waals surface area contributed by atoms with Gasteiger partial charge < -0.3 is 9.84 Å². The van der Waals surface area contributed by atoms with Crippen LogP contribution in [0.3, 0.4) is 0 Å². The molecule has 4 rings (SSSR count). The Kier molecular flexibility index (Phi) is 4.70. The average Bonchev–Trinajstić information content (AvgIpc) is 3.26. The van der Waals surface area contributed by atoms with Crippen LogP contribution in [0, 0.1) is 0 Å². The number of pyridine rings is 1. The molecule has 1 saturated carbocycles. The molecular formula is C20H24N6O2. The van der Waals surface area contributed by atoms with Crippen LogP contribution in [0.2, 0.25) is 0 Å². The Morgan fingerprint density at radius 2 is 2.07 bits per heavy atom. The summed E-state index contributed by atoms with van der Waals surface area (Å²) in [5.74, 6) is 1.44. The molecule has 0 saturated heterocycles. The highest BCUT2D eigenvalue weighted by molar-refractivity contribution is 5.92. The number of carbonyl (C=O) groups excluding carboxylic acids is 1. The van der Waals surface area contributed by atoms with E-state index in [9.17, 15) is 4.79 Å². The summed E-state index contributed by atoms with van der Waals surface area (Å²) >= 11 is 0. The van der Waals surface area contributed by atoms with E-state index >= 15 is 0 Å². The van der Waals surface area contributed by atoms with Crippen LogP contribution in [-0.4, -0.2) is 30.8 Å². The van der Waals surface area contributed by atoms with Crippen LogP contribution in [0.15, 0.2) is 28.9 Å². The molecule has 0 bridgehead atoms. The number of aryl methyl sites for hydroxylation is 1. The van der Waals surface area contributed by atoms with Gasteiger partial charge in [0.25, 0.3) is 5.91 Å². The normalized spacial score (nSPS) is 15.0. The van der Waals surface area contributed by atoms with Crippen molar-refractivity contribution in [3.8, 4) is 11.4 Å². The van der Waals surface area contributed by atoms with Crippen molar-refractivity contribution in [3.63, 3.8) is 0 Å². The summed E-state index contributed by atoms with van der Waals surface area (Å²) in [6, 6.07) is 5.27. The molecule has 1 aliphatic carbocycles. The molecule has 1 fully saturated rings. The van der Waals surface area contributed by atoms with Crippen molar-refractivity contribution in [2.24, 2.45) is 7.05 Å². The summed E-state index contributed by atoms with van der Waals surface area (Å²) in [7, 11) is 1.76. The summed E-state index contributed by atoms with van der Waals surface area (Å²) in [6.45, 7) is 5.90. The molecule has 0 spiro atoms. The Labute approximate surface area is 163 Å². The van der Waals surface area contributed by atoms with Crippen molar-refractivity contribution in [2.45, 2.75) is 51.5 Å². The zero-order valence-corrected chi connectivity index (χ0v) is 16.5. The molecule has 1 amide bonds. The first-order valence-corrected chi connectivity index (χ1v) is 9.57.